The van der Waals surface area contributed by atoms with Gasteiger partial charge in [-0.2, -0.15) is 0 Å². The quantitative estimate of drug-likeness (QED) is 0.0343. The summed E-state index contributed by atoms with van der Waals surface area (Å²) >= 11 is 16.9. The highest BCUT2D eigenvalue weighted by atomic mass is 32.1. The molecule has 6 bridgehead atoms. The lowest BCUT2D eigenvalue weighted by molar-refractivity contribution is 0.0915. The van der Waals surface area contributed by atoms with Crippen LogP contribution in [0.3, 0.4) is 0 Å². The van der Waals surface area contributed by atoms with Crippen molar-refractivity contribution in [2.75, 3.05) is 35.6 Å². The number of fused-ring (bicyclic) bond motifs is 6. The fourth-order valence-corrected chi connectivity index (χ4v) is 9.65. The van der Waals surface area contributed by atoms with Crippen molar-refractivity contribution in [3.8, 4) is 0 Å². The number of nitrogens with zero attached hydrogens (tertiary/aromatic N) is 3. The number of benzene rings is 3. The van der Waals surface area contributed by atoms with Crippen LogP contribution in [-0.2, 0) is 16.2 Å². The Bertz CT molecular complexity index is 2850. The lowest BCUT2D eigenvalue weighted by Gasteiger charge is -2.19. The van der Waals surface area contributed by atoms with Crippen molar-refractivity contribution in [2.45, 2.75) is 156 Å². The largest absolute Gasteiger partial charge is 0.443 e. The molecule has 1 aliphatic heterocycles. The number of aromatic nitrogens is 3. The van der Waals surface area contributed by atoms with Crippen LogP contribution in [-0.4, -0.2) is 67.6 Å². The molecule has 0 aliphatic carbocycles. The first-order chi connectivity index (χ1) is 38.2. The van der Waals surface area contributed by atoms with E-state index in [1.54, 1.807) is 20.8 Å². The molecule has 7 rings (SSSR count). The van der Waals surface area contributed by atoms with Crippen LogP contribution in [0.15, 0.2) is 86.0 Å². The molecule has 6 aromatic rings. The predicted molar refractivity (Wildman–Crippen MR) is 330 cm³/mol. The molecule has 81 heavy (non-hydrogen) atoms. The predicted octanol–water partition coefficient (Wildman–Crippen LogP) is 11.5. The summed E-state index contributed by atoms with van der Waals surface area (Å²) in [4.78, 5) is 57.2. The Balaban J connectivity index is 1.11. The molecule has 0 radical (unpaired) electrons. The molecule has 9 N–H and O–H groups in total. The number of thiocarbonyl (C=S) groups is 3. The van der Waals surface area contributed by atoms with Gasteiger partial charge in [-0.25, -0.2) is 15.0 Å². The van der Waals surface area contributed by atoms with Crippen molar-refractivity contribution in [1.29, 1.82) is 0 Å². The standard InChI is InChI=1S/C60H78N12O6S3/c1-34-46-49(73)67-44(17-14-32-62-56(80)65-41-27-21-38(22-28-41)59(7,8)9)53-71-48(36(3)77-53)51(75)69-45(18-15-33-63-57(81)66-42-29-23-39(24-30-42)60(10,11)12)54-72-47(35(2)78-54)50(74)68-43(52(70-46)76-34)16-13-31-61-55(79)64-40-25-19-37(20-26-40)58(4,5)6/h19-30,43-45H,13-18,31-33H2,1-12H3,(H,67,73)(H,68,74)(H,69,75)(H2,61,64,79)(H2,62,65,80)(H2,63,66,81)/t43-,44-,45-/m0/s1. The molecule has 0 fully saturated rings. The Hall–Kier alpha value is -7.23. The Morgan fingerprint density at radius 1 is 0.432 bits per heavy atom. The number of carbonyl (C=O) groups is 3. The molecule has 21 heteroatoms. The van der Waals surface area contributed by atoms with Crippen molar-refractivity contribution in [1.82, 2.24) is 46.9 Å². The van der Waals surface area contributed by atoms with Gasteiger partial charge in [0.05, 0.1) is 0 Å². The van der Waals surface area contributed by atoms with Crippen LogP contribution in [0, 0.1) is 20.8 Å². The fraction of sp³-hybridized carbons (Fsp3) is 0.450. The fourth-order valence-electron chi connectivity index (χ4n) is 8.99. The molecule has 4 heterocycles. The Labute approximate surface area is 491 Å². The van der Waals surface area contributed by atoms with Crippen molar-refractivity contribution in [3.05, 3.63) is 142 Å². The second kappa shape index (κ2) is 26.6. The summed E-state index contributed by atoms with van der Waals surface area (Å²) in [6.07, 6.45) is 2.46. The SMILES string of the molecule is Cc1oc2nc1C(=O)N[C@@H](CCCNC(=S)Nc1ccc(C(C)(C)C)cc1)c1nc(c(C)o1)C(=O)N[C@@H](CCCNC(=S)Nc1ccc(C(C)(C)C)cc1)c1nc(c(C)o1)C(=O)N[C@H]2CCCNC(=S)Nc1ccc(C(C)(C)C)cc1. The zero-order valence-corrected chi connectivity index (χ0v) is 51.0. The molecule has 3 aromatic heterocycles. The monoisotopic (exact) mass is 1160 g/mol. The van der Waals surface area contributed by atoms with Crippen molar-refractivity contribution < 1.29 is 27.6 Å². The van der Waals surface area contributed by atoms with Gasteiger partial charge in [0, 0.05) is 36.7 Å². The van der Waals surface area contributed by atoms with Gasteiger partial charge in [-0.3, -0.25) is 14.4 Å². The number of aryl methyl sites for hydroxylation is 3. The molecule has 0 saturated heterocycles. The maximum Gasteiger partial charge on any atom is 0.274 e. The van der Waals surface area contributed by atoms with E-state index >= 15 is 0 Å². The average Bonchev–Trinajstić information content (AvgIpc) is 4.12. The van der Waals surface area contributed by atoms with E-state index in [0.29, 0.717) is 73.5 Å². The number of carbonyl (C=O) groups excluding carboxylic acids is 3. The van der Waals surface area contributed by atoms with E-state index in [0.717, 1.165) is 17.1 Å². The van der Waals surface area contributed by atoms with Crippen LogP contribution >= 0.6 is 36.7 Å². The van der Waals surface area contributed by atoms with Crippen LogP contribution < -0.4 is 47.9 Å². The van der Waals surface area contributed by atoms with Crippen molar-refractivity contribution in [3.63, 3.8) is 0 Å². The number of rotatable bonds is 15. The summed E-state index contributed by atoms with van der Waals surface area (Å²) in [5, 5.41) is 29.9. The number of hydrogen-bond donors (Lipinski definition) is 9. The van der Waals surface area contributed by atoms with Gasteiger partial charge in [-0.05, 0) is 165 Å². The van der Waals surface area contributed by atoms with Crippen LogP contribution in [0.4, 0.5) is 17.1 Å². The van der Waals surface area contributed by atoms with E-state index in [-0.39, 0.29) is 68.3 Å². The van der Waals surface area contributed by atoms with Crippen LogP contribution in [0.25, 0.3) is 0 Å². The zero-order chi connectivity index (χ0) is 58.8. The molecule has 1 aliphatic rings. The topological polar surface area (TPSA) is 238 Å². The first kappa shape index (κ1) is 61.4. The van der Waals surface area contributed by atoms with Crippen molar-refractivity contribution in [2.24, 2.45) is 0 Å². The first-order valence-electron chi connectivity index (χ1n) is 27.5. The molecule has 3 aromatic carbocycles. The van der Waals surface area contributed by atoms with Crippen LogP contribution in [0.2, 0.25) is 0 Å². The smallest absolute Gasteiger partial charge is 0.274 e. The lowest BCUT2D eigenvalue weighted by atomic mass is 9.87. The molecule has 3 atom stereocenters. The van der Waals surface area contributed by atoms with Gasteiger partial charge in [0.15, 0.2) is 32.4 Å². The molecular formula is C60H78N12O6S3. The zero-order valence-electron chi connectivity index (χ0n) is 48.5. The second-order valence-electron chi connectivity index (χ2n) is 23.5. The summed E-state index contributed by atoms with van der Waals surface area (Å²) in [7, 11) is 0. The maximum absolute atomic E-state index is 14.4. The number of anilines is 3. The van der Waals surface area contributed by atoms with Gasteiger partial charge in [0.25, 0.3) is 17.7 Å². The van der Waals surface area contributed by atoms with E-state index in [9.17, 15) is 14.4 Å². The van der Waals surface area contributed by atoms with E-state index < -0.39 is 35.8 Å². The van der Waals surface area contributed by atoms with Gasteiger partial charge in [0.1, 0.15) is 35.4 Å². The van der Waals surface area contributed by atoms with Gasteiger partial charge in [-0.1, -0.05) is 98.7 Å². The third-order valence-electron chi connectivity index (χ3n) is 13.8. The molecule has 0 spiro atoms. The summed E-state index contributed by atoms with van der Waals surface area (Å²) in [5.74, 6) is -0.705. The molecule has 0 unspecified atom stereocenters. The minimum atomic E-state index is -0.826. The summed E-state index contributed by atoms with van der Waals surface area (Å²) in [5.41, 5.74) is 6.20. The van der Waals surface area contributed by atoms with E-state index in [1.807, 2.05) is 36.4 Å². The molecule has 432 valence electrons. The van der Waals surface area contributed by atoms with Crippen LogP contribution in [0.5, 0.6) is 0 Å². The highest BCUT2D eigenvalue weighted by Crippen LogP contribution is 2.30. The Kier molecular flexibility index (Phi) is 20.1. The van der Waals surface area contributed by atoms with Gasteiger partial charge in [-0.15, -0.1) is 0 Å². The Morgan fingerprint density at radius 2 is 0.667 bits per heavy atom. The highest BCUT2D eigenvalue weighted by molar-refractivity contribution is 7.80. The van der Waals surface area contributed by atoms with E-state index in [2.05, 4.69) is 147 Å². The van der Waals surface area contributed by atoms with E-state index in [1.165, 1.54) is 16.7 Å². The molecule has 0 saturated carbocycles. The minimum Gasteiger partial charge on any atom is -0.443 e. The molecular weight excluding hydrogens is 1080 g/mol. The third-order valence-corrected chi connectivity index (χ3v) is 14.5. The number of hydrogen-bond acceptors (Lipinski definition) is 12. The molecule has 18 nitrogen and oxygen atoms in total. The lowest BCUT2D eigenvalue weighted by Crippen LogP contribution is -2.34. The number of nitrogens with one attached hydrogen (secondary N) is 9. The summed E-state index contributed by atoms with van der Waals surface area (Å²) in [6, 6.07) is 21.9. The van der Waals surface area contributed by atoms with Gasteiger partial charge >= 0.3 is 0 Å². The highest BCUT2D eigenvalue weighted by Gasteiger charge is 2.33. The first-order valence-corrected chi connectivity index (χ1v) is 28.7. The summed E-state index contributed by atoms with van der Waals surface area (Å²) < 4.78 is 18.7. The van der Waals surface area contributed by atoms with Crippen LogP contribution in [0.1, 0.15) is 202 Å². The van der Waals surface area contributed by atoms with Crippen molar-refractivity contribution >= 4 is 86.8 Å². The minimum absolute atomic E-state index is 0.00195. The third kappa shape index (κ3) is 17.2. The van der Waals surface area contributed by atoms with Gasteiger partial charge < -0.3 is 61.1 Å². The summed E-state index contributed by atoms with van der Waals surface area (Å²) in [6.45, 7) is 25.7. The number of amides is 3. The van der Waals surface area contributed by atoms with E-state index in [4.69, 9.17) is 64.9 Å². The normalized spacial score (nSPS) is 16.0. The molecule has 3 amide bonds. The number of oxazole rings is 3. The second-order valence-corrected chi connectivity index (χ2v) is 24.7. The van der Waals surface area contributed by atoms with Gasteiger partial charge in [0.2, 0.25) is 17.7 Å². The average molecular weight is 1160 g/mol. The Morgan fingerprint density at radius 3 is 0.889 bits per heavy atom. The maximum atomic E-state index is 14.4.